The third kappa shape index (κ3) is 1.17. The molecule has 1 aromatic rings. The second-order valence-electron chi connectivity index (χ2n) is 4.11. The molecular weight excluding hydrogens is 176 g/mol. The normalized spacial score (nSPS) is 15.3. The molecule has 1 aliphatic carbocycles. The lowest BCUT2D eigenvalue weighted by Gasteiger charge is -2.21. The minimum atomic E-state index is 0.398. The molecule has 0 radical (unpaired) electrons. The van der Waals surface area contributed by atoms with Gasteiger partial charge in [-0.1, -0.05) is 0 Å². The maximum Gasteiger partial charge on any atom is 0.122 e. The summed E-state index contributed by atoms with van der Waals surface area (Å²) in [6.45, 7) is 3.72. The summed E-state index contributed by atoms with van der Waals surface area (Å²) in [6.07, 6.45) is 4.02. The molecule has 0 saturated carbocycles. The first kappa shape index (κ1) is 9.38. The average Bonchev–Trinajstić information content (AvgIpc) is 2.23. The molecule has 0 saturated heterocycles. The van der Waals surface area contributed by atoms with E-state index in [0.717, 1.165) is 47.9 Å². The molecule has 2 rings (SSSR count). The Morgan fingerprint density at radius 1 is 0.786 bits per heavy atom. The number of hydrogen-bond acceptors (Lipinski definition) is 2. The molecule has 14 heavy (non-hydrogen) atoms. The molecule has 0 fully saturated rings. The van der Waals surface area contributed by atoms with Crippen LogP contribution in [0.5, 0.6) is 11.5 Å². The molecule has 0 aliphatic heterocycles. The minimum absolute atomic E-state index is 0.398. The standard InChI is InChI=1S/C12H16O2/c1-7-8(2)12(14)10-6-4-3-5-9(10)11(7)13/h13-14H,3-6H2,1-2H3. The summed E-state index contributed by atoms with van der Waals surface area (Å²) < 4.78 is 0. The Balaban J connectivity index is 2.71. The van der Waals surface area contributed by atoms with Crippen molar-refractivity contribution in [1.29, 1.82) is 0 Å². The molecule has 0 heterocycles. The van der Waals surface area contributed by atoms with Crippen molar-refractivity contribution in [3.8, 4) is 11.5 Å². The maximum absolute atomic E-state index is 9.94. The van der Waals surface area contributed by atoms with Crippen molar-refractivity contribution in [2.45, 2.75) is 39.5 Å². The summed E-state index contributed by atoms with van der Waals surface area (Å²) in [6, 6.07) is 0. The Kier molecular flexibility index (Phi) is 2.14. The van der Waals surface area contributed by atoms with Crippen LogP contribution in [0.3, 0.4) is 0 Å². The minimum Gasteiger partial charge on any atom is -0.507 e. The zero-order valence-electron chi connectivity index (χ0n) is 8.72. The molecule has 0 unspecified atom stereocenters. The van der Waals surface area contributed by atoms with E-state index < -0.39 is 0 Å². The number of fused-ring (bicyclic) bond motifs is 1. The Morgan fingerprint density at radius 2 is 1.14 bits per heavy atom. The van der Waals surface area contributed by atoms with Gasteiger partial charge < -0.3 is 10.2 Å². The Hall–Kier alpha value is -1.18. The summed E-state index contributed by atoms with van der Waals surface area (Å²) in [7, 11) is 0. The van der Waals surface area contributed by atoms with E-state index in [0.29, 0.717) is 11.5 Å². The van der Waals surface area contributed by atoms with Gasteiger partial charge in [0.05, 0.1) is 0 Å². The highest BCUT2D eigenvalue weighted by Crippen LogP contribution is 2.40. The lowest BCUT2D eigenvalue weighted by molar-refractivity contribution is 0.433. The van der Waals surface area contributed by atoms with E-state index in [-0.39, 0.29) is 0 Å². The first-order chi connectivity index (χ1) is 6.63. The van der Waals surface area contributed by atoms with Crippen molar-refractivity contribution in [1.82, 2.24) is 0 Å². The van der Waals surface area contributed by atoms with Crippen molar-refractivity contribution in [2.24, 2.45) is 0 Å². The van der Waals surface area contributed by atoms with E-state index in [4.69, 9.17) is 0 Å². The van der Waals surface area contributed by atoms with Crippen LogP contribution in [-0.2, 0) is 12.8 Å². The summed E-state index contributed by atoms with van der Waals surface area (Å²) in [4.78, 5) is 0. The van der Waals surface area contributed by atoms with Gasteiger partial charge in [0.15, 0.2) is 0 Å². The van der Waals surface area contributed by atoms with Crippen LogP contribution in [0.15, 0.2) is 0 Å². The van der Waals surface area contributed by atoms with Gasteiger partial charge in [0.25, 0.3) is 0 Å². The molecule has 1 aromatic carbocycles. The summed E-state index contributed by atoms with van der Waals surface area (Å²) in [5, 5.41) is 19.9. The zero-order valence-corrected chi connectivity index (χ0v) is 8.72. The molecule has 1 aliphatic rings. The van der Waals surface area contributed by atoms with Crippen molar-refractivity contribution in [3.63, 3.8) is 0 Å². The van der Waals surface area contributed by atoms with Crippen LogP contribution in [0.2, 0.25) is 0 Å². The molecule has 2 heteroatoms. The van der Waals surface area contributed by atoms with Gasteiger partial charge in [-0.15, -0.1) is 0 Å². The van der Waals surface area contributed by atoms with Gasteiger partial charge in [0, 0.05) is 11.1 Å². The second-order valence-corrected chi connectivity index (χ2v) is 4.11. The SMILES string of the molecule is Cc1c(C)c(O)c2c(c1O)CCCC2. The van der Waals surface area contributed by atoms with E-state index in [1.54, 1.807) is 0 Å². The molecule has 0 aromatic heterocycles. The number of hydrogen-bond donors (Lipinski definition) is 2. The number of rotatable bonds is 0. The van der Waals surface area contributed by atoms with Crippen LogP contribution < -0.4 is 0 Å². The van der Waals surface area contributed by atoms with E-state index in [1.807, 2.05) is 13.8 Å². The Bertz CT molecular complexity index is 344. The highest BCUT2D eigenvalue weighted by atomic mass is 16.3. The molecule has 0 amide bonds. The Labute approximate surface area is 84.2 Å². The summed E-state index contributed by atoms with van der Waals surface area (Å²) >= 11 is 0. The lowest BCUT2D eigenvalue weighted by Crippen LogP contribution is -2.05. The third-order valence-corrected chi connectivity index (χ3v) is 3.31. The number of benzene rings is 1. The van der Waals surface area contributed by atoms with Crippen molar-refractivity contribution < 1.29 is 10.2 Å². The van der Waals surface area contributed by atoms with Crippen LogP contribution in [0.1, 0.15) is 35.1 Å². The monoisotopic (exact) mass is 192 g/mol. The van der Waals surface area contributed by atoms with E-state index in [2.05, 4.69) is 0 Å². The molecular formula is C12H16O2. The number of phenols is 2. The fraction of sp³-hybridized carbons (Fsp3) is 0.500. The van der Waals surface area contributed by atoms with Crippen molar-refractivity contribution in [2.75, 3.05) is 0 Å². The van der Waals surface area contributed by atoms with Gasteiger partial charge in [-0.25, -0.2) is 0 Å². The van der Waals surface area contributed by atoms with Gasteiger partial charge in [0.2, 0.25) is 0 Å². The van der Waals surface area contributed by atoms with Crippen LogP contribution in [-0.4, -0.2) is 10.2 Å². The predicted octanol–water partition coefficient (Wildman–Crippen LogP) is 2.59. The van der Waals surface area contributed by atoms with Gasteiger partial charge >= 0.3 is 0 Å². The molecule has 0 spiro atoms. The van der Waals surface area contributed by atoms with Crippen LogP contribution in [0, 0.1) is 13.8 Å². The second kappa shape index (κ2) is 3.19. The summed E-state index contributed by atoms with van der Waals surface area (Å²) in [5.41, 5.74) is 3.58. The number of phenolic OH excluding ortho intramolecular Hbond substituents is 2. The summed E-state index contributed by atoms with van der Waals surface area (Å²) in [5.74, 6) is 0.796. The van der Waals surface area contributed by atoms with Crippen molar-refractivity contribution >= 4 is 0 Å². The van der Waals surface area contributed by atoms with Gasteiger partial charge in [0.1, 0.15) is 11.5 Å². The molecule has 0 bridgehead atoms. The quantitative estimate of drug-likeness (QED) is 0.620. The molecule has 2 nitrogen and oxygen atoms in total. The van der Waals surface area contributed by atoms with E-state index in [1.165, 1.54) is 0 Å². The predicted molar refractivity (Wildman–Crippen MR) is 55.9 cm³/mol. The first-order valence-corrected chi connectivity index (χ1v) is 5.15. The van der Waals surface area contributed by atoms with Gasteiger partial charge in [-0.2, -0.15) is 0 Å². The first-order valence-electron chi connectivity index (χ1n) is 5.15. The van der Waals surface area contributed by atoms with E-state index in [9.17, 15) is 10.2 Å². The maximum atomic E-state index is 9.94. The van der Waals surface area contributed by atoms with Gasteiger partial charge in [-0.05, 0) is 50.7 Å². The topological polar surface area (TPSA) is 40.5 Å². The molecule has 76 valence electrons. The van der Waals surface area contributed by atoms with Crippen molar-refractivity contribution in [3.05, 3.63) is 22.3 Å². The van der Waals surface area contributed by atoms with Crippen LogP contribution in [0.25, 0.3) is 0 Å². The van der Waals surface area contributed by atoms with Crippen LogP contribution >= 0.6 is 0 Å². The van der Waals surface area contributed by atoms with E-state index >= 15 is 0 Å². The fourth-order valence-corrected chi connectivity index (χ4v) is 2.24. The van der Waals surface area contributed by atoms with Gasteiger partial charge in [-0.3, -0.25) is 0 Å². The fourth-order valence-electron chi connectivity index (χ4n) is 2.24. The molecule has 0 atom stereocenters. The number of aromatic hydroxyl groups is 2. The zero-order chi connectivity index (χ0) is 10.3. The average molecular weight is 192 g/mol. The van der Waals surface area contributed by atoms with Crippen LogP contribution in [0.4, 0.5) is 0 Å². The highest BCUT2D eigenvalue weighted by molar-refractivity contribution is 5.57. The molecule has 2 N–H and O–H groups in total. The lowest BCUT2D eigenvalue weighted by atomic mass is 9.86. The third-order valence-electron chi connectivity index (χ3n) is 3.31. The Morgan fingerprint density at radius 3 is 1.50 bits per heavy atom. The highest BCUT2D eigenvalue weighted by Gasteiger charge is 2.21. The largest absolute Gasteiger partial charge is 0.507 e. The smallest absolute Gasteiger partial charge is 0.122 e.